The Hall–Kier alpha value is -5.75. The van der Waals surface area contributed by atoms with Gasteiger partial charge in [-0.05, 0) is 63.4 Å². The Bertz CT molecular complexity index is 2950. The fraction of sp³-hybridized carbons (Fsp3) is 0. The third kappa shape index (κ3) is 3.71. The molecule has 0 spiro atoms. The van der Waals surface area contributed by atoms with Crippen molar-refractivity contribution in [2.45, 2.75) is 0 Å². The molecule has 0 unspecified atom stereocenters. The molecule has 1 aliphatic rings. The van der Waals surface area contributed by atoms with Crippen molar-refractivity contribution in [1.29, 1.82) is 0 Å². The molecule has 0 atom stereocenters. The lowest BCUT2D eigenvalue weighted by molar-refractivity contribution is 1.08. The highest BCUT2D eigenvalue weighted by molar-refractivity contribution is 7.26. The van der Waals surface area contributed by atoms with E-state index in [-0.39, 0.29) is 0 Å². The van der Waals surface area contributed by atoms with E-state index in [0.29, 0.717) is 17.5 Å². The predicted molar refractivity (Wildman–Crippen MR) is 204 cm³/mol. The van der Waals surface area contributed by atoms with Gasteiger partial charge in [-0.2, -0.15) is 0 Å². The van der Waals surface area contributed by atoms with E-state index in [2.05, 4.69) is 121 Å². The lowest BCUT2D eigenvalue weighted by Gasteiger charge is -2.11. The van der Waals surface area contributed by atoms with Gasteiger partial charge in [0.1, 0.15) is 0 Å². The number of aromatic nitrogens is 3. The molecule has 0 saturated carbocycles. The first-order chi connectivity index (χ1) is 23.8. The zero-order valence-electron chi connectivity index (χ0n) is 25.4. The quantitative estimate of drug-likeness (QED) is 0.192. The summed E-state index contributed by atoms with van der Waals surface area (Å²) in [7, 11) is 0. The molecule has 48 heavy (non-hydrogen) atoms. The number of rotatable bonds is 3. The van der Waals surface area contributed by atoms with Crippen LogP contribution in [0.5, 0.6) is 0 Å². The summed E-state index contributed by atoms with van der Waals surface area (Å²) < 4.78 is 4.99. The summed E-state index contributed by atoms with van der Waals surface area (Å²) in [6, 6.07) is 49.9. The van der Waals surface area contributed by atoms with Crippen molar-refractivity contribution in [3.8, 4) is 56.4 Å². The molecule has 3 aromatic heterocycles. The molecule has 0 aliphatic heterocycles. The topological polar surface area (TPSA) is 38.7 Å². The first-order valence-electron chi connectivity index (χ1n) is 16.0. The van der Waals surface area contributed by atoms with E-state index in [0.717, 1.165) is 16.7 Å². The zero-order chi connectivity index (χ0) is 31.3. The molecular formula is C43H23N3S2. The largest absolute Gasteiger partial charge is 0.208 e. The average Bonchev–Trinajstić information content (AvgIpc) is 3.81. The van der Waals surface area contributed by atoms with E-state index in [9.17, 15) is 0 Å². The number of benzene rings is 7. The van der Waals surface area contributed by atoms with Gasteiger partial charge >= 0.3 is 0 Å². The summed E-state index contributed by atoms with van der Waals surface area (Å²) in [5.41, 5.74) is 8.25. The Morgan fingerprint density at radius 1 is 0.333 bits per heavy atom. The maximum absolute atomic E-state index is 5.30. The summed E-state index contributed by atoms with van der Waals surface area (Å²) in [4.78, 5) is 15.6. The fourth-order valence-corrected chi connectivity index (χ4v) is 9.87. The highest BCUT2D eigenvalue weighted by Gasteiger charge is 2.24. The van der Waals surface area contributed by atoms with Crippen LogP contribution in [0.3, 0.4) is 0 Å². The zero-order valence-corrected chi connectivity index (χ0v) is 27.1. The molecule has 10 aromatic rings. The second-order valence-electron chi connectivity index (χ2n) is 12.3. The van der Waals surface area contributed by atoms with Crippen LogP contribution in [0.4, 0.5) is 0 Å². The lowest BCUT2D eigenvalue weighted by Crippen LogP contribution is -2.00. The van der Waals surface area contributed by atoms with Crippen LogP contribution < -0.4 is 0 Å². The summed E-state index contributed by atoms with van der Waals surface area (Å²) in [6.07, 6.45) is 0. The van der Waals surface area contributed by atoms with Crippen molar-refractivity contribution in [3.63, 3.8) is 0 Å². The number of fused-ring (bicyclic) bond motifs is 9. The van der Waals surface area contributed by atoms with Crippen LogP contribution in [0.2, 0.25) is 0 Å². The molecular weight excluding hydrogens is 623 g/mol. The van der Waals surface area contributed by atoms with Crippen molar-refractivity contribution in [2.75, 3.05) is 0 Å². The maximum Gasteiger partial charge on any atom is 0.164 e. The van der Waals surface area contributed by atoms with Crippen LogP contribution in [-0.2, 0) is 0 Å². The van der Waals surface area contributed by atoms with E-state index >= 15 is 0 Å². The van der Waals surface area contributed by atoms with E-state index in [4.69, 9.17) is 15.0 Å². The Morgan fingerprint density at radius 3 is 1.60 bits per heavy atom. The highest BCUT2D eigenvalue weighted by Crippen LogP contribution is 2.51. The number of nitrogens with zero attached hydrogens (tertiary/aromatic N) is 3. The van der Waals surface area contributed by atoms with Gasteiger partial charge in [0.05, 0.1) is 0 Å². The molecule has 0 saturated heterocycles. The van der Waals surface area contributed by atoms with E-state index in [1.165, 1.54) is 73.4 Å². The summed E-state index contributed by atoms with van der Waals surface area (Å²) in [5, 5.41) is 7.49. The third-order valence-corrected chi connectivity index (χ3v) is 11.9. The first-order valence-corrected chi connectivity index (χ1v) is 17.7. The summed E-state index contributed by atoms with van der Waals surface area (Å²) >= 11 is 3.65. The molecule has 7 aromatic carbocycles. The fourth-order valence-electron chi connectivity index (χ4n) is 7.59. The molecule has 0 amide bonds. The van der Waals surface area contributed by atoms with Gasteiger partial charge in [0.25, 0.3) is 0 Å². The molecule has 0 fully saturated rings. The highest BCUT2D eigenvalue weighted by atomic mass is 32.1. The lowest BCUT2D eigenvalue weighted by atomic mass is 9.99. The minimum Gasteiger partial charge on any atom is -0.208 e. The molecule has 0 N–H and O–H groups in total. The molecule has 1 aliphatic carbocycles. The van der Waals surface area contributed by atoms with Crippen LogP contribution in [-0.4, -0.2) is 15.0 Å². The Morgan fingerprint density at radius 2 is 0.875 bits per heavy atom. The summed E-state index contributed by atoms with van der Waals surface area (Å²) in [5.74, 6) is 2.05. The molecule has 11 rings (SSSR count). The van der Waals surface area contributed by atoms with Gasteiger partial charge in [-0.25, -0.2) is 15.0 Å². The number of hydrogen-bond donors (Lipinski definition) is 0. The van der Waals surface area contributed by atoms with Crippen molar-refractivity contribution in [1.82, 2.24) is 15.0 Å². The molecule has 222 valence electrons. The van der Waals surface area contributed by atoms with E-state index in [1.807, 2.05) is 40.9 Å². The maximum atomic E-state index is 5.30. The minimum atomic E-state index is 0.673. The van der Waals surface area contributed by atoms with Gasteiger partial charge in [0.15, 0.2) is 17.5 Å². The monoisotopic (exact) mass is 645 g/mol. The van der Waals surface area contributed by atoms with Gasteiger partial charge in [-0.1, -0.05) is 109 Å². The molecule has 3 heterocycles. The SMILES string of the molecule is c1ccc(-c2nc(-c3cccc4sc5ccccc5c34)nc(-c3cccc4sc5cc6c(cc5c34)-c3cccc4cccc-6c34)n2)cc1. The van der Waals surface area contributed by atoms with Gasteiger partial charge in [0, 0.05) is 57.0 Å². The van der Waals surface area contributed by atoms with Gasteiger partial charge < -0.3 is 0 Å². The molecule has 5 heteroatoms. The van der Waals surface area contributed by atoms with Crippen molar-refractivity contribution < 1.29 is 0 Å². The first kappa shape index (κ1) is 26.3. The van der Waals surface area contributed by atoms with Crippen LogP contribution >= 0.6 is 22.7 Å². The molecule has 0 radical (unpaired) electrons. The van der Waals surface area contributed by atoms with E-state index in [1.54, 1.807) is 0 Å². The van der Waals surface area contributed by atoms with Crippen LogP contribution in [0.25, 0.3) is 108 Å². The average molecular weight is 646 g/mol. The van der Waals surface area contributed by atoms with E-state index < -0.39 is 0 Å². The van der Waals surface area contributed by atoms with Crippen molar-refractivity contribution in [3.05, 3.63) is 140 Å². The number of thiophene rings is 2. The Kier molecular flexibility index (Phi) is 5.42. The van der Waals surface area contributed by atoms with Crippen molar-refractivity contribution in [2.24, 2.45) is 0 Å². The Labute approximate surface area is 283 Å². The van der Waals surface area contributed by atoms with Crippen LogP contribution in [0, 0.1) is 0 Å². The normalized spacial score (nSPS) is 12.2. The predicted octanol–water partition coefficient (Wildman–Crippen LogP) is 12.4. The summed E-state index contributed by atoms with van der Waals surface area (Å²) in [6.45, 7) is 0. The van der Waals surface area contributed by atoms with Crippen LogP contribution in [0.1, 0.15) is 0 Å². The third-order valence-electron chi connectivity index (χ3n) is 9.67. The molecule has 3 nitrogen and oxygen atoms in total. The second-order valence-corrected chi connectivity index (χ2v) is 14.5. The van der Waals surface area contributed by atoms with Crippen LogP contribution in [0.15, 0.2) is 140 Å². The minimum absolute atomic E-state index is 0.673. The van der Waals surface area contributed by atoms with Gasteiger partial charge in [-0.15, -0.1) is 22.7 Å². The van der Waals surface area contributed by atoms with Crippen molar-refractivity contribution >= 4 is 73.8 Å². The smallest absolute Gasteiger partial charge is 0.164 e. The van der Waals surface area contributed by atoms with Gasteiger partial charge in [0.2, 0.25) is 0 Å². The number of hydrogen-bond acceptors (Lipinski definition) is 5. The second kappa shape index (κ2) is 9.88. The van der Waals surface area contributed by atoms with Gasteiger partial charge in [-0.3, -0.25) is 0 Å². The Balaban J connectivity index is 1.19. The standard InChI is InChI=1S/C43H23N3S2/c1-2-10-25(11-3-1)41-44-42(29-17-8-20-35-39(29)28-14-4-5-19-34(28)47-35)46-43(45-41)30-18-9-21-36-40(30)33-22-31-26-15-6-12-24-13-7-16-27(38(24)26)32(31)23-37(33)48-36/h1-23H. The molecule has 0 bridgehead atoms.